The predicted octanol–water partition coefficient (Wildman–Crippen LogP) is 6.36. The van der Waals surface area contributed by atoms with Crippen molar-refractivity contribution in [3.8, 4) is 28.4 Å². The lowest BCUT2D eigenvalue weighted by atomic mass is 10.0. The van der Waals surface area contributed by atoms with Crippen LogP contribution in [0.5, 0.6) is 17.2 Å². The van der Waals surface area contributed by atoms with Crippen LogP contribution in [-0.2, 0) is 6.54 Å². The Morgan fingerprint density at radius 3 is 2.50 bits per heavy atom. The van der Waals surface area contributed by atoms with Crippen molar-refractivity contribution in [1.82, 2.24) is 10.2 Å². The number of anilines is 1. The number of hydrogen-bond acceptors (Lipinski definition) is 9. The molecule has 0 fully saturated rings. The maximum absolute atomic E-state index is 6.26. The first-order chi connectivity index (χ1) is 16.3. The molecule has 1 heterocycles. The number of hydrogen-bond donors (Lipinski definition) is 4. The number of fused-ring (bicyclic) bond motifs is 1. The molecular formula is C24H22ClN3O3S3. The molecule has 0 aliphatic rings. The molecule has 10 heteroatoms. The van der Waals surface area contributed by atoms with Gasteiger partial charge in [-0.1, -0.05) is 17.7 Å². The smallest absolute Gasteiger partial charge is 0.241 e. The number of nitrogens with one attached hydrogen (secondary N) is 1. The monoisotopic (exact) mass is 531 g/mol. The van der Waals surface area contributed by atoms with E-state index in [1.54, 1.807) is 32.5 Å². The Bertz CT molecular complexity index is 1330. The number of thiol groups is 3. The molecule has 4 rings (SSSR count). The van der Waals surface area contributed by atoms with Gasteiger partial charge in [0.15, 0.2) is 0 Å². The fraction of sp³-hybridized carbons (Fsp3) is 0.167. The third kappa shape index (κ3) is 5.78. The summed E-state index contributed by atoms with van der Waals surface area (Å²) in [5.74, 6) is 2.01. The molecule has 0 saturated carbocycles. The van der Waals surface area contributed by atoms with Gasteiger partial charge in [-0.2, -0.15) is 10.2 Å². The lowest BCUT2D eigenvalue weighted by Crippen LogP contribution is -2.13. The van der Waals surface area contributed by atoms with Crippen molar-refractivity contribution >= 4 is 66.1 Å². The van der Waals surface area contributed by atoms with Crippen LogP contribution in [0.25, 0.3) is 22.0 Å². The molecule has 34 heavy (non-hydrogen) atoms. The summed E-state index contributed by atoms with van der Waals surface area (Å²) in [6, 6.07) is 16.9. The second kappa shape index (κ2) is 10.4. The maximum atomic E-state index is 6.26. The van der Waals surface area contributed by atoms with E-state index in [1.807, 2.05) is 42.5 Å². The second-order valence-electron chi connectivity index (χ2n) is 7.34. The molecule has 0 bridgehead atoms. The van der Waals surface area contributed by atoms with Crippen LogP contribution in [0.3, 0.4) is 0 Å². The summed E-state index contributed by atoms with van der Waals surface area (Å²) in [6.45, 7) is 0.538. The zero-order valence-corrected chi connectivity index (χ0v) is 21.8. The van der Waals surface area contributed by atoms with Crippen LogP contribution in [-0.4, -0.2) is 28.0 Å². The van der Waals surface area contributed by atoms with Crippen LogP contribution in [0.2, 0.25) is 5.02 Å². The van der Waals surface area contributed by atoms with Gasteiger partial charge < -0.3 is 19.5 Å². The van der Waals surface area contributed by atoms with Crippen molar-refractivity contribution in [3.63, 3.8) is 0 Å². The minimum atomic E-state index is -1.25. The minimum Gasteiger partial charge on any atom is -0.497 e. The summed E-state index contributed by atoms with van der Waals surface area (Å²) in [5.41, 5.74) is 4.16. The van der Waals surface area contributed by atoms with E-state index >= 15 is 0 Å². The van der Waals surface area contributed by atoms with Gasteiger partial charge in [-0.3, -0.25) is 0 Å². The van der Waals surface area contributed by atoms with Gasteiger partial charge in [-0.15, -0.1) is 37.9 Å². The Kier molecular flexibility index (Phi) is 7.57. The largest absolute Gasteiger partial charge is 0.497 e. The SMILES string of the molecule is COc1ccc(CNc2cnnc3cc(-c4cc(Cl)ccc4OC(S)(S)S)ccc23)c(OC)c1. The van der Waals surface area contributed by atoms with Crippen molar-refractivity contribution in [2.24, 2.45) is 0 Å². The molecule has 1 aromatic heterocycles. The first-order valence-electron chi connectivity index (χ1n) is 10.1. The Balaban J connectivity index is 1.65. The molecule has 0 unspecified atom stereocenters. The molecule has 0 amide bonds. The molecule has 0 saturated heterocycles. The van der Waals surface area contributed by atoms with Gasteiger partial charge in [0.05, 0.1) is 31.6 Å². The molecule has 176 valence electrons. The van der Waals surface area contributed by atoms with E-state index in [0.717, 1.165) is 39.3 Å². The molecule has 0 aliphatic heterocycles. The topological polar surface area (TPSA) is 65.5 Å². The number of methoxy groups -OCH3 is 2. The highest BCUT2D eigenvalue weighted by atomic mass is 35.5. The fourth-order valence-electron chi connectivity index (χ4n) is 3.52. The van der Waals surface area contributed by atoms with Gasteiger partial charge in [0, 0.05) is 34.1 Å². The summed E-state index contributed by atoms with van der Waals surface area (Å²) in [7, 11) is 3.26. The van der Waals surface area contributed by atoms with Crippen LogP contribution in [0.4, 0.5) is 5.69 Å². The Morgan fingerprint density at radius 2 is 1.76 bits per heavy atom. The third-order valence-corrected chi connectivity index (χ3v) is 5.61. The molecular weight excluding hydrogens is 510 g/mol. The van der Waals surface area contributed by atoms with Crippen molar-refractivity contribution in [2.45, 2.75) is 10.1 Å². The van der Waals surface area contributed by atoms with Crippen molar-refractivity contribution in [1.29, 1.82) is 0 Å². The number of ether oxygens (including phenoxy) is 3. The van der Waals surface area contributed by atoms with Crippen molar-refractivity contribution in [2.75, 3.05) is 19.5 Å². The van der Waals surface area contributed by atoms with E-state index in [1.165, 1.54) is 0 Å². The summed E-state index contributed by atoms with van der Waals surface area (Å²) in [6.07, 6.45) is 1.70. The van der Waals surface area contributed by atoms with Gasteiger partial charge in [-0.05, 0) is 48.0 Å². The van der Waals surface area contributed by atoms with Crippen LogP contribution in [0.15, 0.2) is 60.8 Å². The van der Waals surface area contributed by atoms with Crippen LogP contribution < -0.4 is 19.5 Å². The average Bonchev–Trinajstić information content (AvgIpc) is 2.82. The lowest BCUT2D eigenvalue weighted by molar-refractivity contribution is 0.346. The van der Waals surface area contributed by atoms with Gasteiger partial charge in [0.2, 0.25) is 3.60 Å². The number of benzene rings is 3. The zero-order chi connectivity index (χ0) is 24.3. The molecule has 0 atom stereocenters. The number of nitrogens with zero attached hydrogens (tertiary/aromatic N) is 2. The molecule has 1 N–H and O–H groups in total. The molecule has 0 radical (unpaired) electrons. The van der Waals surface area contributed by atoms with Crippen LogP contribution in [0.1, 0.15) is 5.56 Å². The van der Waals surface area contributed by atoms with E-state index < -0.39 is 3.60 Å². The predicted molar refractivity (Wildman–Crippen MR) is 147 cm³/mol. The van der Waals surface area contributed by atoms with E-state index in [4.69, 9.17) is 25.8 Å². The zero-order valence-electron chi connectivity index (χ0n) is 18.3. The Hall–Kier alpha value is -2.46. The van der Waals surface area contributed by atoms with Gasteiger partial charge in [0.25, 0.3) is 0 Å². The molecule has 0 spiro atoms. The third-order valence-electron chi connectivity index (χ3n) is 5.10. The standard InChI is InChI=1S/C24H22ClN3O3S3/c1-29-17-6-3-15(23(11-17)30-2)12-26-21-13-27-28-20-9-14(4-7-18(20)21)19-10-16(25)5-8-22(19)31-24(32,33)34/h3-11,13,32-34H,12H2,1-2H3,(H,26,28). The normalized spacial score (nSPS) is 11.4. The van der Waals surface area contributed by atoms with E-state index in [9.17, 15) is 0 Å². The first kappa shape index (κ1) is 24.7. The van der Waals surface area contributed by atoms with E-state index in [-0.39, 0.29) is 0 Å². The first-order valence-corrected chi connectivity index (χ1v) is 11.9. The summed E-state index contributed by atoms with van der Waals surface area (Å²) in [5, 5.41) is 13.4. The summed E-state index contributed by atoms with van der Waals surface area (Å²) >= 11 is 18.9. The number of rotatable bonds is 8. The van der Waals surface area contributed by atoms with Crippen LogP contribution >= 0.6 is 49.5 Å². The highest BCUT2D eigenvalue weighted by molar-refractivity contribution is 8.16. The molecule has 6 nitrogen and oxygen atoms in total. The van der Waals surface area contributed by atoms with Crippen molar-refractivity contribution in [3.05, 3.63) is 71.4 Å². The number of aromatic nitrogens is 2. The quantitative estimate of drug-likeness (QED) is 0.157. The van der Waals surface area contributed by atoms with Gasteiger partial charge in [0.1, 0.15) is 17.2 Å². The van der Waals surface area contributed by atoms with Crippen LogP contribution in [0, 0.1) is 0 Å². The van der Waals surface area contributed by atoms with Gasteiger partial charge in [-0.25, -0.2) is 0 Å². The van der Waals surface area contributed by atoms with Crippen molar-refractivity contribution < 1.29 is 14.2 Å². The average molecular weight is 532 g/mol. The molecule has 3 aromatic carbocycles. The minimum absolute atomic E-state index is 0.538. The number of halogens is 1. The van der Waals surface area contributed by atoms with Gasteiger partial charge >= 0.3 is 0 Å². The Labute approximate surface area is 219 Å². The highest BCUT2D eigenvalue weighted by Crippen LogP contribution is 2.39. The molecule has 0 aliphatic carbocycles. The second-order valence-corrected chi connectivity index (χ2v) is 10.7. The summed E-state index contributed by atoms with van der Waals surface area (Å²) < 4.78 is 15.3. The summed E-state index contributed by atoms with van der Waals surface area (Å²) in [4.78, 5) is 0. The fourth-order valence-corrected chi connectivity index (χ4v) is 3.99. The van der Waals surface area contributed by atoms with E-state index in [2.05, 4.69) is 53.4 Å². The maximum Gasteiger partial charge on any atom is 0.241 e. The molecule has 4 aromatic rings. The van der Waals surface area contributed by atoms with E-state index in [0.29, 0.717) is 22.8 Å². The highest BCUT2D eigenvalue weighted by Gasteiger charge is 2.19. The lowest BCUT2D eigenvalue weighted by Gasteiger charge is -2.21. The Morgan fingerprint density at radius 1 is 0.941 bits per heavy atom.